The molecule has 3 aromatic carbocycles. The SMILES string of the molecule is CN(C)C[C@@H]1Cc2cc(Cl)ccc2N(C(=O)[C@@H](CC2CNc3ccccc32)NCC2CCN(C(=O)c3cc4ccccc4n3C)CC2)C1. The van der Waals surface area contributed by atoms with Crippen LogP contribution in [0.1, 0.15) is 46.8 Å². The monoisotopic (exact) mass is 666 g/mol. The predicted molar refractivity (Wildman–Crippen MR) is 195 cm³/mol. The van der Waals surface area contributed by atoms with Crippen LogP contribution in [0, 0.1) is 11.8 Å². The molecule has 3 aliphatic rings. The van der Waals surface area contributed by atoms with Crippen molar-refractivity contribution in [3.63, 3.8) is 0 Å². The third-order valence-corrected chi connectivity index (χ3v) is 10.9. The fraction of sp³-hybridized carbons (Fsp3) is 0.436. The first-order chi connectivity index (χ1) is 23.2. The first kappa shape index (κ1) is 32.7. The molecule has 4 heterocycles. The summed E-state index contributed by atoms with van der Waals surface area (Å²) in [5, 5.41) is 9.14. The minimum Gasteiger partial charge on any atom is -0.384 e. The lowest BCUT2D eigenvalue weighted by Crippen LogP contribution is -2.53. The fourth-order valence-electron chi connectivity index (χ4n) is 8.18. The minimum atomic E-state index is -0.333. The van der Waals surface area contributed by atoms with Crippen LogP contribution in [-0.4, -0.2) is 85.6 Å². The highest BCUT2D eigenvalue weighted by molar-refractivity contribution is 6.30. The standard InChI is InChI=1S/C39H47ClN6O2/c1-43(2)24-27-18-29-19-31(40)12-13-36(29)46(25-27)38(47)34(20-30-23-42-33-10-6-5-9-32(30)33)41-22-26-14-16-45(17-15-26)39(48)37-21-28-8-4-7-11-35(28)44(37)3/h4-13,19,21,26-27,30,34,41-42H,14-18,20,22-25H2,1-3H3/t27-,30?,34+/m0/s1. The summed E-state index contributed by atoms with van der Waals surface area (Å²) in [7, 11) is 6.16. The summed E-state index contributed by atoms with van der Waals surface area (Å²) in [4.78, 5) is 34.5. The molecule has 1 aromatic heterocycles. The molecule has 0 bridgehead atoms. The van der Waals surface area contributed by atoms with Crippen LogP contribution in [0.2, 0.25) is 5.02 Å². The lowest BCUT2D eigenvalue weighted by Gasteiger charge is -2.38. The van der Waals surface area contributed by atoms with Crippen molar-refractivity contribution in [3.8, 4) is 0 Å². The highest BCUT2D eigenvalue weighted by atomic mass is 35.5. The number of rotatable bonds is 9. The van der Waals surface area contributed by atoms with E-state index in [1.165, 1.54) is 11.3 Å². The van der Waals surface area contributed by atoms with Crippen LogP contribution in [0.4, 0.5) is 11.4 Å². The topological polar surface area (TPSA) is 72.8 Å². The van der Waals surface area contributed by atoms with Gasteiger partial charge >= 0.3 is 0 Å². The zero-order valence-corrected chi connectivity index (χ0v) is 29.0. The van der Waals surface area contributed by atoms with Crippen LogP contribution < -0.4 is 15.5 Å². The van der Waals surface area contributed by atoms with Gasteiger partial charge in [-0.3, -0.25) is 9.59 Å². The molecule has 2 N–H and O–H groups in total. The van der Waals surface area contributed by atoms with E-state index in [0.29, 0.717) is 23.4 Å². The number of aromatic nitrogens is 1. The van der Waals surface area contributed by atoms with Gasteiger partial charge in [0.2, 0.25) is 5.91 Å². The number of nitrogens with zero attached hydrogens (tertiary/aromatic N) is 4. The third-order valence-electron chi connectivity index (χ3n) is 10.7. The van der Waals surface area contributed by atoms with E-state index in [0.717, 1.165) is 86.3 Å². The Morgan fingerprint density at radius 3 is 2.56 bits per heavy atom. The molecule has 48 heavy (non-hydrogen) atoms. The second kappa shape index (κ2) is 13.9. The molecular weight excluding hydrogens is 620 g/mol. The van der Waals surface area contributed by atoms with Crippen molar-refractivity contribution in [1.82, 2.24) is 19.7 Å². The van der Waals surface area contributed by atoms with E-state index in [-0.39, 0.29) is 23.8 Å². The van der Waals surface area contributed by atoms with Crippen molar-refractivity contribution in [2.75, 3.05) is 63.6 Å². The number of benzene rings is 3. The van der Waals surface area contributed by atoms with Crippen LogP contribution in [0.3, 0.4) is 0 Å². The van der Waals surface area contributed by atoms with Gasteiger partial charge in [0.1, 0.15) is 5.69 Å². The number of fused-ring (bicyclic) bond motifs is 3. The molecule has 1 fully saturated rings. The lowest BCUT2D eigenvalue weighted by atomic mass is 9.89. The van der Waals surface area contributed by atoms with Gasteiger partial charge in [-0.05, 0) is 106 Å². The molecule has 1 saturated heterocycles. The van der Waals surface area contributed by atoms with Crippen LogP contribution in [0.25, 0.3) is 10.9 Å². The molecule has 0 radical (unpaired) electrons. The number of aryl methyl sites for hydroxylation is 1. The van der Waals surface area contributed by atoms with Crippen molar-refractivity contribution in [1.29, 1.82) is 0 Å². The molecule has 3 atom stereocenters. The third kappa shape index (κ3) is 6.71. The van der Waals surface area contributed by atoms with Gasteiger partial charge in [0, 0.05) is 73.0 Å². The first-order valence-electron chi connectivity index (χ1n) is 17.4. The van der Waals surface area contributed by atoms with E-state index in [1.54, 1.807) is 0 Å². The number of likely N-dealkylation sites (tertiary alicyclic amines) is 1. The van der Waals surface area contributed by atoms with Gasteiger partial charge < -0.3 is 29.9 Å². The van der Waals surface area contributed by atoms with E-state index < -0.39 is 0 Å². The summed E-state index contributed by atoms with van der Waals surface area (Å²) in [6, 6.07) is 24.2. The van der Waals surface area contributed by atoms with E-state index in [1.807, 2.05) is 57.8 Å². The molecule has 252 valence electrons. The van der Waals surface area contributed by atoms with Crippen LogP contribution in [0.15, 0.2) is 72.8 Å². The van der Waals surface area contributed by atoms with Gasteiger partial charge in [0.05, 0.1) is 6.04 Å². The second-order valence-electron chi connectivity index (χ2n) is 14.3. The number of para-hydroxylation sites is 2. The van der Waals surface area contributed by atoms with Crippen molar-refractivity contribution >= 4 is 45.7 Å². The van der Waals surface area contributed by atoms with Gasteiger partial charge in [-0.25, -0.2) is 0 Å². The van der Waals surface area contributed by atoms with Gasteiger partial charge in [-0.1, -0.05) is 48.0 Å². The Bertz CT molecular complexity index is 1790. The summed E-state index contributed by atoms with van der Waals surface area (Å²) in [6.07, 6.45) is 3.45. The predicted octanol–water partition coefficient (Wildman–Crippen LogP) is 6.01. The lowest BCUT2D eigenvalue weighted by molar-refractivity contribution is -0.121. The van der Waals surface area contributed by atoms with Crippen molar-refractivity contribution in [3.05, 3.63) is 94.6 Å². The normalized spacial score (nSPS) is 20.1. The summed E-state index contributed by atoms with van der Waals surface area (Å²) in [5.74, 6) is 1.19. The average Bonchev–Trinajstić information content (AvgIpc) is 3.66. The number of anilines is 2. The molecule has 4 aromatic rings. The number of nitrogens with one attached hydrogen (secondary N) is 2. The van der Waals surface area contributed by atoms with Crippen molar-refractivity contribution in [2.45, 2.75) is 37.6 Å². The van der Waals surface area contributed by atoms with Crippen LogP contribution in [0.5, 0.6) is 0 Å². The molecule has 7 rings (SSSR count). The van der Waals surface area contributed by atoms with E-state index in [9.17, 15) is 9.59 Å². The minimum absolute atomic E-state index is 0.0942. The Morgan fingerprint density at radius 2 is 1.77 bits per heavy atom. The average molecular weight is 667 g/mol. The Balaban J connectivity index is 1.06. The maximum atomic E-state index is 14.7. The molecule has 2 amide bonds. The highest BCUT2D eigenvalue weighted by Crippen LogP contribution is 2.37. The van der Waals surface area contributed by atoms with Gasteiger partial charge in [0.25, 0.3) is 5.91 Å². The summed E-state index contributed by atoms with van der Waals surface area (Å²) >= 11 is 6.45. The quantitative estimate of drug-likeness (QED) is 0.229. The van der Waals surface area contributed by atoms with E-state index >= 15 is 0 Å². The Labute approximate surface area is 289 Å². The molecule has 9 heteroatoms. The Hall–Kier alpha value is -3.85. The largest absolute Gasteiger partial charge is 0.384 e. The number of piperidine rings is 1. The number of carbonyl (C=O) groups excluding carboxylic acids is 2. The fourth-order valence-corrected chi connectivity index (χ4v) is 8.37. The second-order valence-corrected chi connectivity index (χ2v) is 14.7. The molecule has 0 spiro atoms. The number of hydrogen-bond acceptors (Lipinski definition) is 5. The number of carbonyl (C=O) groups is 2. The van der Waals surface area contributed by atoms with Gasteiger partial charge in [0.15, 0.2) is 0 Å². The molecule has 3 aliphatic heterocycles. The van der Waals surface area contributed by atoms with Gasteiger partial charge in [-0.2, -0.15) is 0 Å². The maximum absolute atomic E-state index is 14.7. The van der Waals surface area contributed by atoms with Crippen molar-refractivity contribution in [2.24, 2.45) is 18.9 Å². The molecule has 0 aliphatic carbocycles. The highest BCUT2D eigenvalue weighted by Gasteiger charge is 2.36. The zero-order chi connectivity index (χ0) is 33.4. The smallest absolute Gasteiger partial charge is 0.270 e. The van der Waals surface area contributed by atoms with E-state index in [4.69, 9.17) is 11.6 Å². The van der Waals surface area contributed by atoms with Crippen LogP contribution >= 0.6 is 11.6 Å². The number of halogens is 1. The first-order valence-corrected chi connectivity index (χ1v) is 17.8. The molecular formula is C39H47ClN6O2. The zero-order valence-electron chi connectivity index (χ0n) is 28.3. The summed E-state index contributed by atoms with van der Waals surface area (Å²) in [6.45, 7) is 4.61. The molecule has 1 unspecified atom stereocenters. The molecule has 8 nitrogen and oxygen atoms in total. The number of hydrogen-bond donors (Lipinski definition) is 2. The van der Waals surface area contributed by atoms with E-state index in [2.05, 4.69) is 66.0 Å². The van der Waals surface area contributed by atoms with Crippen LogP contribution in [-0.2, 0) is 18.3 Å². The Kier molecular flexibility index (Phi) is 9.49. The van der Waals surface area contributed by atoms with Gasteiger partial charge in [-0.15, -0.1) is 0 Å². The Morgan fingerprint density at radius 1 is 1.00 bits per heavy atom. The molecule has 0 saturated carbocycles. The summed E-state index contributed by atoms with van der Waals surface area (Å²) < 4.78 is 2.01. The maximum Gasteiger partial charge on any atom is 0.270 e. The van der Waals surface area contributed by atoms with Crippen molar-refractivity contribution < 1.29 is 9.59 Å². The summed E-state index contributed by atoms with van der Waals surface area (Å²) in [5.41, 5.74) is 6.39. The number of amides is 2.